The van der Waals surface area contributed by atoms with Crippen LogP contribution in [0.1, 0.15) is 18.5 Å². The van der Waals surface area contributed by atoms with Gasteiger partial charge in [-0.1, -0.05) is 6.07 Å². The molecule has 3 fully saturated rings. The van der Waals surface area contributed by atoms with E-state index >= 15 is 0 Å². The topological polar surface area (TPSA) is 28.2 Å². The van der Waals surface area contributed by atoms with Gasteiger partial charge in [-0.2, -0.15) is 13.2 Å². The zero-order valence-corrected chi connectivity index (χ0v) is 10.5. The summed E-state index contributed by atoms with van der Waals surface area (Å²) in [6.07, 6.45) is -2.14. The zero-order chi connectivity index (χ0) is 13.5. The van der Waals surface area contributed by atoms with Gasteiger partial charge < -0.3 is 10.2 Å². The van der Waals surface area contributed by atoms with Gasteiger partial charge in [0.2, 0.25) is 0 Å². The van der Waals surface area contributed by atoms with Crippen molar-refractivity contribution in [1.29, 1.82) is 0 Å². The van der Waals surface area contributed by atoms with E-state index in [1.54, 1.807) is 6.07 Å². The van der Waals surface area contributed by atoms with Gasteiger partial charge in [-0.05, 0) is 44.0 Å². The second-order valence-corrected chi connectivity index (χ2v) is 5.29. The highest BCUT2D eigenvalue weighted by molar-refractivity contribution is 5.37. The zero-order valence-electron chi connectivity index (χ0n) is 10.5. The first kappa shape index (κ1) is 12.7. The Morgan fingerprint density at radius 2 is 1.95 bits per heavy atom. The summed E-state index contributed by atoms with van der Waals surface area (Å²) in [4.78, 5) is 6.02. The van der Waals surface area contributed by atoms with Crippen molar-refractivity contribution < 1.29 is 13.2 Å². The highest BCUT2D eigenvalue weighted by atomic mass is 19.4. The Morgan fingerprint density at radius 3 is 2.53 bits per heavy atom. The quantitative estimate of drug-likeness (QED) is 0.896. The molecule has 1 N–H and O–H groups in total. The van der Waals surface area contributed by atoms with Crippen LogP contribution < -0.4 is 5.32 Å². The van der Waals surface area contributed by atoms with E-state index in [9.17, 15) is 13.2 Å². The Kier molecular flexibility index (Phi) is 3.12. The van der Waals surface area contributed by atoms with E-state index in [4.69, 9.17) is 0 Å². The lowest BCUT2D eigenvalue weighted by atomic mass is 9.84. The second kappa shape index (κ2) is 4.67. The molecule has 4 heterocycles. The molecule has 2 bridgehead atoms. The van der Waals surface area contributed by atoms with E-state index in [-0.39, 0.29) is 6.04 Å². The maximum absolute atomic E-state index is 12.6. The largest absolute Gasteiger partial charge is 0.433 e. The molecule has 1 atom stereocenters. The number of anilines is 1. The van der Waals surface area contributed by atoms with Crippen LogP contribution in [0.4, 0.5) is 19.0 Å². The monoisotopic (exact) mass is 271 g/mol. The summed E-state index contributed by atoms with van der Waals surface area (Å²) in [6, 6.07) is 4.23. The van der Waals surface area contributed by atoms with Crippen LogP contribution in [0.3, 0.4) is 0 Å². The van der Waals surface area contributed by atoms with E-state index in [1.807, 2.05) is 0 Å². The fourth-order valence-electron chi connectivity index (χ4n) is 2.99. The number of rotatable bonds is 2. The highest BCUT2D eigenvalue weighted by Gasteiger charge is 2.35. The second-order valence-electron chi connectivity index (χ2n) is 5.29. The van der Waals surface area contributed by atoms with Crippen LogP contribution in [0.2, 0.25) is 0 Å². The van der Waals surface area contributed by atoms with Gasteiger partial charge in [0.25, 0.3) is 0 Å². The molecule has 0 aromatic carbocycles. The molecule has 3 aliphatic rings. The number of aromatic nitrogens is 1. The predicted octanol–water partition coefficient (Wildman–Crippen LogP) is 2.61. The first-order valence-corrected chi connectivity index (χ1v) is 6.55. The summed E-state index contributed by atoms with van der Waals surface area (Å²) in [7, 11) is 0. The average molecular weight is 271 g/mol. The molecular formula is C13H16F3N3. The molecule has 6 heteroatoms. The van der Waals surface area contributed by atoms with Crippen molar-refractivity contribution in [3.63, 3.8) is 0 Å². The van der Waals surface area contributed by atoms with Crippen molar-refractivity contribution >= 4 is 5.82 Å². The normalized spacial score (nSPS) is 30.4. The summed E-state index contributed by atoms with van der Waals surface area (Å²) in [5.74, 6) is 0.884. The first-order chi connectivity index (χ1) is 9.02. The summed E-state index contributed by atoms with van der Waals surface area (Å²) < 4.78 is 37.8. The van der Waals surface area contributed by atoms with Gasteiger partial charge >= 0.3 is 6.18 Å². The van der Waals surface area contributed by atoms with Gasteiger partial charge in [-0.3, -0.25) is 0 Å². The average Bonchev–Trinajstić information content (AvgIpc) is 2.39. The molecule has 4 rings (SSSR count). The number of hydrogen-bond acceptors (Lipinski definition) is 3. The smallest absolute Gasteiger partial charge is 0.366 e. The molecule has 0 spiro atoms. The minimum atomic E-state index is -4.38. The molecular weight excluding hydrogens is 255 g/mol. The third-order valence-corrected chi connectivity index (χ3v) is 4.03. The molecule has 0 aliphatic carbocycles. The van der Waals surface area contributed by atoms with Gasteiger partial charge in [-0.25, -0.2) is 4.98 Å². The number of fused-ring (bicyclic) bond motifs is 3. The molecule has 0 radical (unpaired) electrons. The maximum atomic E-state index is 12.6. The Bertz CT molecular complexity index is 453. The summed E-state index contributed by atoms with van der Waals surface area (Å²) >= 11 is 0. The summed E-state index contributed by atoms with van der Waals surface area (Å²) in [5.41, 5.74) is -0.834. The van der Waals surface area contributed by atoms with Crippen LogP contribution in [-0.2, 0) is 6.18 Å². The predicted molar refractivity (Wildman–Crippen MR) is 65.8 cm³/mol. The van der Waals surface area contributed by atoms with E-state index in [0.29, 0.717) is 11.7 Å². The fourth-order valence-corrected chi connectivity index (χ4v) is 2.99. The molecule has 0 saturated carbocycles. The van der Waals surface area contributed by atoms with Crippen LogP contribution in [-0.4, -0.2) is 35.6 Å². The van der Waals surface area contributed by atoms with E-state index < -0.39 is 11.9 Å². The third-order valence-electron chi connectivity index (χ3n) is 4.03. The number of nitrogens with zero attached hydrogens (tertiary/aromatic N) is 2. The van der Waals surface area contributed by atoms with Gasteiger partial charge in [0.15, 0.2) is 0 Å². The maximum Gasteiger partial charge on any atom is 0.433 e. The summed E-state index contributed by atoms with van der Waals surface area (Å²) in [5, 5.41) is 3.17. The number of nitrogens with one attached hydrogen (secondary N) is 1. The first-order valence-electron chi connectivity index (χ1n) is 6.55. The number of pyridine rings is 1. The lowest BCUT2D eigenvalue weighted by Gasteiger charge is -2.45. The lowest BCUT2D eigenvalue weighted by Crippen LogP contribution is -2.53. The number of hydrogen-bond donors (Lipinski definition) is 1. The van der Waals surface area contributed by atoms with Crippen LogP contribution in [0.15, 0.2) is 18.2 Å². The standard InChI is InChI=1S/C13H16F3N3/c14-13(15,16)11-2-1-3-12(18-11)17-10-8-19-6-4-9(10)5-7-19/h1-3,9-10H,4-8H2,(H,17,18). The summed E-state index contributed by atoms with van der Waals surface area (Å²) in [6.45, 7) is 3.13. The van der Waals surface area contributed by atoms with Crippen molar-refractivity contribution in [3.8, 4) is 0 Å². The Balaban J connectivity index is 1.73. The SMILES string of the molecule is FC(F)(F)c1cccc(NC2CN3CCC2CC3)n1. The lowest BCUT2D eigenvalue weighted by molar-refractivity contribution is -0.141. The molecule has 1 aromatic rings. The van der Waals surface area contributed by atoms with Gasteiger partial charge in [0.1, 0.15) is 11.5 Å². The van der Waals surface area contributed by atoms with E-state index in [0.717, 1.165) is 38.5 Å². The molecule has 0 amide bonds. The van der Waals surface area contributed by atoms with Gasteiger partial charge in [0.05, 0.1) is 0 Å². The minimum absolute atomic E-state index is 0.221. The Labute approximate surface area is 109 Å². The van der Waals surface area contributed by atoms with Crippen molar-refractivity contribution in [1.82, 2.24) is 9.88 Å². The van der Waals surface area contributed by atoms with Crippen LogP contribution in [0.5, 0.6) is 0 Å². The van der Waals surface area contributed by atoms with Crippen LogP contribution in [0, 0.1) is 5.92 Å². The third kappa shape index (κ3) is 2.68. The van der Waals surface area contributed by atoms with Crippen LogP contribution in [0.25, 0.3) is 0 Å². The molecule has 19 heavy (non-hydrogen) atoms. The Morgan fingerprint density at radius 1 is 1.21 bits per heavy atom. The molecule has 3 saturated heterocycles. The van der Waals surface area contributed by atoms with E-state index in [1.165, 1.54) is 6.07 Å². The highest BCUT2D eigenvalue weighted by Crippen LogP contribution is 2.31. The number of alkyl halides is 3. The molecule has 1 unspecified atom stereocenters. The number of piperidine rings is 3. The molecule has 3 nitrogen and oxygen atoms in total. The van der Waals surface area contributed by atoms with Gasteiger partial charge in [-0.15, -0.1) is 0 Å². The van der Waals surface area contributed by atoms with Crippen molar-refractivity contribution in [3.05, 3.63) is 23.9 Å². The van der Waals surface area contributed by atoms with E-state index in [2.05, 4.69) is 15.2 Å². The fraction of sp³-hybridized carbons (Fsp3) is 0.615. The van der Waals surface area contributed by atoms with Crippen molar-refractivity contribution in [2.45, 2.75) is 25.1 Å². The molecule has 1 aromatic heterocycles. The Hall–Kier alpha value is -1.30. The van der Waals surface area contributed by atoms with Crippen molar-refractivity contribution in [2.24, 2.45) is 5.92 Å². The van der Waals surface area contributed by atoms with Crippen molar-refractivity contribution in [2.75, 3.05) is 25.0 Å². The van der Waals surface area contributed by atoms with Crippen LogP contribution >= 0.6 is 0 Å². The molecule has 3 aliphatic heterocycles. The van der Waals surface area contributed by atoms with Gasteiger partial charge in [0, 0.05) is 12.6 Å². The number of halogens is 3. The molecule has 104 valence electrons. The minimum Gasteiger partial charge on any atom is -0.366 e.